The van der Waals surface area contributed by atoms with Crippen LogP contribution in [0.15, 0.2) is 60.9 Å². The summed E-state index contributed by atoms with van der Waals surface area (Å²) in [5.41, 5.74) is 7.02. The number of ether oxygens (including phenoxy) is 2. The Hall–Kier alpha value is -4.47. The van der Waals surface area contributed by atoms with Gasteiger partial charge in [0.05, 0.1) is 18.8 Å². The highest BCUT2D eigenvalue weighted by atomic mass is 16.5. The van der Waals surface area contributed by atoms with Crippen LogP contribution in [0, 0.1) is 0 Å². The SMILES string of the molecule is COc1ccc2c(OCC(=O)NNc3ncc(-c4ccc(O)cc4)nn3)ccnc2c1. The summed E-state index contributed by atoms with van der Waals surface area (Å²) >= 11 is 0. The second-order valence-electron chi connectivity index (χ2n) is 6.37. The number of hydrogen-bond acceptors (Lipinski definition) is 9. The van der Waals surface area contributed by atoms with Crippen LogP contribution in [-0.4, -0.2) is 44.9 Å². The van der Waals surface area contributed by atoms with Crippen molar-refractivity contribution in [3.05, 3.63) is 60.9 Å². The fourth-order valence-corrected chi connectivity index (χ4v) is 2.76. The molecule has 1 amide bonds. The number of methoxy groups -OCH3 is 1. The van der Waals surface area contributed by atoms with Crippen molar-refractivity contribution in [2.75, 3.05) is 19.1 Å². The van der Waals surface area contributed by atoms with Crippen molar-refractivity contribution >= 4 is 22.8 Å². The van der Waals surface area contributed by atoms with Gasteiger partial charge < -0.3 is 14.6 Å². The third kappa shape index (κ3) is 4.75. The largest absolute Gasteiger partial charge is 0.508 e. The zero-order valence-electron chi connectivity index (χ0n) is 16.4. The normalized spacial score (nSPS) is 10.5. The molecule has 3 N–H and O–H groups in total. The number of aromatic hydroxyl groups is 1. The van der Waals surface area contributed by atoms with Gasteiger partial charge in [0.2, 0.25) is 0 Å². The van der Waals surface area contributed by atoms with E-state index in [0.717, 1.165) is 10.9 Å². The summed E-state index contributed by atoms with van der Waals surface area (Å²) in [6.07, 6.45) is 3.10. The van der Waals surface area contributed by atoms with E-state index in [1.54, 1.807) is 55.8 Å². The maximum Gasteiger partial charge on any atom is 0.276 e. The molecule has 0 spiro atoms. The molecule has 0 bridgehead atoms. The Balaban J connectivity index is 1.32. The highest BCUT2D eigenvalue weighted by molar-refractivity contribution is 5.86. The van der Waals surface area contributed by atoms with Gasteiger partial charge in [0.15, 0.2) is 6.61 Å². The Bertz CT molecular complexity index is 1200. The molecule has 4 rings (SSSR count). The molecule has 0 radical (unpaired) electrons. The van der Waals surface area contributed by atoms with Crippen molar-refractivity contribution in [1.29, 1.82) is 0 Å². The first-order chi connectivity index (χ1) is 15.1. The first-order valence-electron chi connectivity index (χ1n) is 9.22. The second kappa shape index (κ2) is 8.91. The number of fused-ring (bicyclic) bond motifs is 1. The molecule has 4 aromatic rings. The number of nitrogens with zero attached hydrogens (tertiary/aromatic N) is 4. The van der Waals surface area contributed by atoms with Crippen LogP contribution in [0.3, 0.4) is 0 Å². The van der Waals surface area contributed by atoms with Gasteiger partial charge in [-0.15, -0.1) is 10.2 Å². The number of rotatable bonds is 7. The monoisotopic (exact) mass is 418 g/mol. The van der Waals surface area contributed by atoms with E-state index in [9.17, 15) is 9.90 Å². The minimum absolute atomic E-state index is 0.123. The van der Waals surface area contributed by atoms with Crippen molar-refractivity contribution in [3.63, 3.8) is 0 Å². The van der Waals surface area contributed by atoms with Crippen LogP contribution in [0.1, 0.15) is 0 Å². The van der Waals surface area contributed by atoms with E-state index in [2.05, 4.69) is 31.0 Å². The molecule has 0 atom stereocenters. The van der Waals surface area contributed by atoms with Gasteiger partial charge in [-0.3, -0.25) is 20.6 Å². The summed E-state index contributed by atoms with van der Waals surface area (Å²) in [5, 5.41) is 18.1. The van der Waals surface area contributed by atoms with Gasteiger partial charge in [-0.1, -0.05) is 0 Å². The van der Waals surface area contributed by atoms with E-state index < -0.39 is 5.91 Å². The summed E-state index contributed by atoms with van der Waals surface area (Å²) in [6.45, 7) is -0.225. The summed E-state index contributed by atoms with van der Waals surface area (Å²) in [7, 11) is 1.58. The second-order valence-corrected chi connectivity index (χ2v) is 6.37. The van der Waals surface area contributed by atoms with Crippen molar-refractivity contribution in [2.45, 2.75) is 0 Å². The molecule has 10 nitrogen and oxygen atoms in total. The molecule has 0 aliphatic carbocycles. The number of anilines is 1. The van der Waals surface area contributed by atoms with Crippen molar-refractivity contribution < 1.29 is 19.4 Å². The zero-order valence-corrected chi connectivity index (χ0v) is 16.4. The molecule has 0 aliphatic rings. The van der Waals surface area contributed by atoms with Crippen LogP contribution in [-0.2, 0) is 4.79 Å². The highest BCUT2D eigenvalue weighted by Crippen LogP contribution is 2.27. The third-order valence-electron chi connectivity index (χ3n) is 4.31. The predicted molar refractivity (Wildman–Crippen MR) is 112 cm³/mol. The zero-order chi connectivity index (χ0) is 21.6. The fourth-order valence-electron chi connectivity index (χ4n) is 2.76. The van der Waals surface area contributed by atoms with Crippen molar-refractivity contribution in [1.82, 2.24) is 25.6 Å². The number of hydrazine groups is 1. The molecule has 0 unspecified atom stereocenters. The molecule has 2 aromatic heterocycles. The van der Waals surface area contributed by atoms with Gasteiger partial charge in [-0.25, -0.2) is 4.98 Å². The molecule has 10 heteroatoms. The number of phenolic OH excluding ortho intramolecular Hbond substituents is 1. The summed E-state index contributed by atoms with van der Waals surface area (Å²) < 4.78 is 10.8. The van der Waals surface area contributed by atoms with Crippen LogP contribution in [0.2, 0.25) is 0 Å². The average molecular weight is 418 g/mol. The number of phenols is 1. The molecule has 2 aromatic carbocycles. The van der Waals surface area contributed by atoms with Gasteiger partial charge in [-0.2, -0.15) is 0 Å². The first-order valence-corrected chi connectivity index (χ1v) is 9.22. The predicted octanol–water partition coefficient (Wildman–Crippen LogP) is 2.32. The van der Waals surface area contributed by atoms with E-state index in [4.69, 9.17) is 9.47 Å². The standard InChI is InChI=1S/C21H18N6O4/c1-30-15-6-7-16-17(10-15)22-9-8-19(16)31-12-20(29)25-27-21-23-11-18(24-26-21)13-2-4-14(28)5-3-13/h2-11,28H,12H2,1H3,(H,25,29)(H,23,26,27). The number of amides is 1. The summed E-state index contributed by atoms with van der Waals surface area (Å²) in [5.74, 6) is 1.07. The summed E-state index contributed by atoms with van der Waals surface area (Å²) in [4.78, 5) is 20.5. The van der Waals surface area contributed by atoms with Crippen molar-refractivity contribution in [2.24, 2.45) is 0 Å². The van der Waals surface area contributed by atoms with Gasteiger partial charge >= 0.3 is 0 Å². The molecule has 0 saturated carbocycles. The number of benzene rings is 2. The molecule has 156 valence electrons. The molecule has 0 aliphatic heterocycles. The topological polar surface area (TPSA) is 131 Å². The quantitative estimate of drug-likeness (QED) is 0.387. The Morgan fingerprint density at radius 1 is 1.06 bits per heavy atom. The average Bonchev–Trinajstić information content (AvgIpc) is 2.81. The van der Waals surface area contributed by atoms with Crippen molar-refractivity contribution in [3.8, 4) is 28.5 Å². The van der Waals surface area contributed by atoms with Gasteiger partial charge in [0.1, 0.15) is 22.9 Å². The third-order valence-corrected chi connectivity index (χ3v) is 4.31. The van der Waals surface area contributed by atoms with Crippen LogP contribution in [0.25, 0.3) is 22.2 Å². The van der Waals surface area contributed by atoms with E-state index in [1.165, 1.54) is 6.20 Å². The number of hydrogen-bond donors (Lipinski definition) is 3. The summed E-state index contributed by atoms with van der Waals surface area (Å²) in [6, 6.07) is 13.6. The molecule has 31 heavy (non-hydrogen) atoms. The lowest BCUT2D eigenvalue weighted by Gasteiger charge is -2.10. The smallest absolute Gasteiger partial charge is 0.276 e. The maximum atomic E-state index is 12.1. The number of carbonyl (C=O) groups is 1. The van der Waals surface area contributed by atoms with E-state index in [-0.39, 0.29) is 18.3 Å². The van der Waals surface area contributed by atoms with Crippen LogP contribution < -0.4 is 20.3 Å². The van der Waals surface area contributed by atoms with E-state index >= 15 is 0 Å². The molecular formula is C21H18N6O4. The Labute approximate surface area is 176 Å². The van der Waals surface area contributed by atoms with Gasteiger partial charge in [-0.05, 0) is 42.5 Å². The van der Waals surface area contributed by atoms with Crippen LogP contribution in [0.5, 0.6) is 17.2 Å². The lowest BCUT2D eigenvalue weighted by Crippen LogP contribution is -2.34. The lowest BCUT2D eigenvalue weighted by molar-refractivity contribution is -0.122. The highest BCUT2D eigenvalue weighted by Gasteiger charge is 2.09. The number of pyridine rings is 1. The molecule has 2 heterocycles. The van der Waals surface area contributed by atoms with E-state index in [1.807, 2.05) is 6.07 Å². The maximum absolute atomic E-state index is 12.1. The minimum atomic E-state index is -0.426. The number of aromatic nitrogens is 4. The Kier molecular flexibility index (Phi) is 5.70. The molecular weight excluding hydrogens is 400 g/mol. The fraction of sp³-hybridized carbons (Fsp3) is 0.0952. The van der Waals surface area contributed by atoms with Gasteiger partial charge in [0.25, 0.3) is 11.9 Å². The Morgan fingerprint density at radius 2 is 1.90 bits per heavy atom. The Morgan fingerprint density at radius 3 is 2.65 bits per heavy atom. The molecule has 0 fully saturated rings. The first kappa shape index (κ1) is 19.8. The lowest BCUT2D eigenvalue weighted by atomic mass is 10.2. The van der Waals surface area contributed by atoms with Gasteiger partial charge in [0, 0.05) is 23.2 Å². The van der Waals surface area contributed by atoms with Crippen LogP contribution in [0.4, 0.5) is 5.95 Å². The number of carbonyl (C=O) groups excluding carboxylic acids is 1. The van der Waals surface area contributed by atoms with Crippen LogP contribution >= 0.6 is 0 Å². The van der Waals surface area contributed by atoms with E-state index in [0.29, 0.717) is 22.7 Å². The number of nitrogens with one attached hydrogen (secondary N) is 2. The molecule has 0 saturated heterocycles. The minimum Gasteiger partial charge on any atom is -0.508 e.